The third-order valence-electron chi connectivity index (χ3n) is 2.76. The summed E-state index contributed by atoms with van der Waals surface area (Å²) >= 11 is 3.33. The zero-order valence-corrected chi connectivity index (χ0v) is 12.8. The molecule has 0 saturated carbocycles. The second-order valence-corrected chi connectivity index (χ2v) is 5.24. The molecular weight excluding hydrogens is 332 g/mol. The van der Waals surface area contributed by atoms with Crippen LogP contribution in [0.15, 0.2) is 53.0 Å². The number of rotatable bonds is 5. The van der Waals surface area contributed by atoms with Crippen LogP contribution >= 0.6 is 15.9 Å². The summed E-state index contributed by atoms with van der Waals surface area (Å²) in [5.74, 6) is 0.453. The van der Waals surface area contributed by atoms with Crippen molar-refractivity contribution in [2.75, 3.05) is 6.61 Å². The smallest absolute Gasteiger partial charge is 0.258 e. The molecule has 0 aliphatic heterocycles. The van der Waals surface area contributed by atoms with Crippen molar-refractivity contribution in [1.29, 1.82) is 5.26 Å². The monoisotopic (exact) mass is 344 g/mol. The first kappa shape index (κ1) is 15.1. The van der Waals surface area contributed by atoms with Crippen molar-refractivity contribution in [3.8, 4) is 11.8 Å². The molecule has 0 spiro atoms. The summed E-state index contributed by atoms with van der Waals surface area (Å²) < 4.78 is 6.33. The van der Waals surface area contributed by atoms with Gasteiger partial charge in [0.1, 0.15) is 5.75 Å². The third-order valence-corrected chi connectivity index (χ3v) is 3.28. The first-order valence-corrected chi connectivity index (χ1v) is 7.11. The molecule has 21 heavy (non-hydrogen) atoms. The normalized spacial score (nSPS) is 9.71. The predicted octanol–water partition coefficient (Wildman–Crippen LogP) is 3.02. The van der Waals surface area contributed by atoms with Gasteiger partial charge in [-0.1, -0.05) is 28.1 Å². The Balaban J connectivity index is 1.76. The molecule has 0 bridgehead atoms. The van der Waals surface area contributed by atoms with Crippen LogP contribution in [0.1, 0.15) is 11.1 Å². The minimum atomic E-state index is -0.192. The predicted molar refractivity (Wildman–Crippen MR) is 82.6 cm³/mol. The minimum absolute atomic E-state index is 0.0298. The fraction of sp³-hybridized carbons (Fsp3) is 0.125. The van der Waals surface area contributed by atoms with Crippen LogP contribution in [0.3, 0.4) is 0 Å². The molecule has 0 fully saturated rings. The Kier molecular flexibility index (Phi) is 5.35. The highest BCUT2D eigenvalue weighted by Crippen LogP contribution is 2.15. The van der Waals surface area contributed by atoms with Gasteiger partial charge >= 0.3 is 0 Å². The van der Waals surface area contributed by atoms with Crippen LogP contribution in [0.25, 0.3) is 0 Å². The van der Waals surface area contributed by atoms with Crippen LogP contribution in [0.5, 0.6) is 5.75 Å². The summed E-state index contributed by atoms with van der Waals surface area (Å²) in [4.78, 5) is 11.7. The van der Waals surface area contributed by atoms with Crippen LogP contribution in [0.2, 0.25) is 0 Å². The van der Waals surface area contributed by atoms with Gasteiger partial charge in [-0.25, -0.2) is 0 Å². The van der Waals surface area contributed by atoms with E-state index in [9.17, 15) is 4.79 Å². The van der Waals surface area contributed by atoms with Gasteiger partial charge in [-0.15, -0.1) is 0 Å². The summed E-state index contributed by atoms with van der Waals surface area (Å²) in [5, 5.41) is 11.5. The number of benzene rings is 2. The van der Waals surface area contributed by atoms with Crippen LogP contribution in [-0.4, -0.2) is 12.5 Å². The number of amides is 1. The zero-order chi connectivity index (χ0) is 15.1. The van der Waals surface area contributed by atoms with Gasteiger partial charge in [-0.2, -0.15) is 5.26 Å². The van der Waals surface area contributed by atoms with E-state index in [-0.39, 0.29) is 12.5 Å². The Morgan fingerprint density at radius 3 is 2.43 bits per heavy atom. The van der Waals surface area contributed by atoms with Crippen molar-refractivity contribution in [1.82, 2.24) is 5.32 Å². The molecule has 0 heterocycles. The molecule has 2 rings (SSSR count). The second-order valence-electron chi connectivity index (χ2n) is 4.33. The molecule has 0 atom stereocenters. The molecule has 2 aromatic rings. The highest BCUT2D eigenvalue weighted by atomic mass is 79.9. The molecule has 0 saturated heterocycles. The number of hydrogen-bond acceptors (Lipinski definition) is 3. The summed E-state index contributed by atoms with van der Waals surface area (Å²) in [7, 11) is 0. The van der Waals surface area contributed by atoms with Crippen molar-refractivity contribution in [3.05, 3.63) is 64.1 Å². The molecule has 5 heteroatoms. The van der Waals surface area contributed by atoms with E-state index in [1.54, 1.807) is 24.3 Å². The first-order valence-electron chi connectivity index (χ1n) is 6.31. The van der Waals surface area contributed by atoms with E-state index in [0.717, 1.165) is 10.0 Å². The molecule has 0 unspecified atom stereocenters. The molecule has 1 amide bonds. The molecule has 4 nitrogen and oxygen atoms in total. The van der Waals surface area contributed by atoms with Crippen molar-refractivity contribution in [2.45, 2.75) is 6.54 Å². The van der Waals surface area contributed by atoms with Gasteiger partial charge in [-0.05, 0) is 42.0 Å². The van der Waals surface area contributed by atoms with E-state index in [2.05, 4.69) is 27.3 Å². The highest BCUT2D eigenvalue weighted by molar-refractivity contribution is 9.10. The summed E-state index contributed by atoms with van der Waals surface area (Å²) in [5.41, 5.74) is 1.54. The maximum Gasteiger partial charge on any atom is 0.258 e. The van der Waals surface area contributed by atoms with Gasteiger partial charge in [0.05, 0.1) is 11.6 Å². The van der Waals surface area contributed by atoms with Crippen LogP contribution in [0.4, 0.5) is 0 Å². The molecular formula is C16H13BrN2O2. The van der Waals surface area contributed by atoms with E-state index in [0.29, 0.717) is 17.9 Å². The van der Waals surface area contributed by atoms with Gasteiger partial charge < -0.3 is 10.1 Å². The minimum Gasteiger partial charge on any atom is -0.484 e. The fourth-order valence-corrected chi connectivity index (χ4v) is 1.89. The van der Waals surface area contributed by atoms with Crippen LogP contribution < -0.4 is 10.1 Å². The Morgan fingerprint density at radius 2 is 1.81 bits per heavy atom. The quantitative estimate of drug-likeness (QED) is 0.906. The Labute approximate surface area is 131 Å². The number of nitrogens with zero attached hydrogens (tertiary/aromatic N) is 1. The molecule has 1 N–H and O–H groups in total. The molecule has 0 aliphatic rings. The Hall–Kier alpha value is -2.32. The van der Waals surface area contributed by atoms with Gasteiger partial charge in [-0.3, -0.25) is 4.79 Å². The third kappa shape index (κ3) is 4.93. The highest BCUT2D eigenvalue weighted by Gasteiger charge is 2.03. The average Bonchev–Trinajstić information content (AvgIpc) is 2.53. The second kappa shape index (κ2) is 7.46. The zero-order valence-electron chi connectivity index (χ0n) is 11.2. The maximum atomic E-state index is 11.7. The standard InChI is InChI=1S/C16H13BrN2O2/c17-14-5-7-15(8-6-14)21-11-16(20)19-10-13-3-1-12(9-18)2-4-13/h1-8H,10-11H2,(H,19,20). The van der Waals surface area contributed by atoms with E-state index in [4.69, 9.17) is 10.00 Å². The Bertz CT molecular complexity index is 645. The number of ether oxygens (including phenoxy) is 1. The lowest BCUT2D eigenvalue weighted by atomic mass is 10.1. The number of nitrogens with one attached hydrogen (secondary N) is 1. The molecule has 2 aromatic carbocycles. The maximum absolute atomic E-state index is 11.7. The molecule has 0 radical (unpaired) electrons. The van der Waals surface area contributed by atoms with Gasteiger partial charge in [0.15, 0.2) is 6.61 Å². The number of carbonyl (C=O) groups excluding carboxylic acids is 1. The summed E-state index contributed by atoms with van der Waals surface area (Å²) in [6.45, 7) is 0.381. The van der Waals surface area contributed by atoms with E-state index >= 15 is 0 Å². The number of carbonyl (C=O) groups is 1. The van der Waals surface area contributed by atoms with Gasteiger partial charge in [0.2, 0.25) is 0 Å². The van der Waals surface area contributed by atoms with Crippen LogP contribution in [0, 0.1) is 11.3 Å². The number of halogens is 1. The number of hydrogen-bond donors (Lipinski definition) is 1. The lowest BCUT2D eigenvalue weighted by Gasteiger charge is -2.07. The van der Waals surface area contributed by atoms with Crippen molar-refractivity contribution in [3.63, 3.8) is 0 Å². The molecule has 106 valence electrons. The topological polar surface area (TPSA) is 62.1 Å². The first-order chi connectivity index (χ1) is 10.2. The van der Waals surface area contributed by atoms with E-state index in [1.165, 1.54) is 0 Å². The largest absolute Gasteiger partial charge is 0.484 e. The molecule has 0 aromatic heterocycles. The van der Waals surface area contributed by atoms with E-state index in [1.807, 2.05) is 24.3 Å². The lowest BCUT2D eigenvalue weighted by Crippen LogP contribution is -2.28. The van der Waals surface area contributed by atoms with Crippen molar-refractivity contribution >= 4 is 21.8 Å². The summed E-state index contributed by atoms with van der Waals surface area (Å²) in [6, 6.07) is 16.4. The lowest BCUT2D eigenvalue weighted by molar-refractivity contribution is -0.123. The average molecular weight is 345 g/mol. The SMILES string of the molecule is N#Cc1ccc(CNC(=O)COc2ccc(Br)cc2)cc1. The van der Waals surface area contributed by atoms with Crippen molar-refractivity contribution < 1.29 is 9.53 Å². The number of nitriles is 1. The Morgan fingerprint density at radius 1 is 1.14 bits per heavy atom. The summed E-state index contributed by atoms with van der Waals surface area (Å²) in [6.07, 6.45) is 0. The van der Waals surface area contributed by atoms with Crippen molar-refractivity contribution in [2.24, 2.45) is 0 Å². The van der Waals surface area contributed by atoms with Gasteiger partial charge in [0.25, 0.3) is 5.91 Å². The van der Waals surface area contributed by atoms with Crippen LogP contribution in [-0.2, 0) is 11.3 Å². The van der Waals surface area contributed by atoms with Gasteiger partial charge in [0, 0.05) is 11.0 Å². The molecule has 0 aliphatic carbocycles. The fourth-order valence-electron chi connectivity index (χ4n) is 1.63. The van der Waals surface area contributed by atoms with E-state index < -0.39 is 0 Å².